The molecule has 0 aliphatic heterocycles. The van der Waals surface area contributed by atoms with Gasteiger partial charge in [0.15, 0.2) is 0 Å². The molecule has 18 heavy (non-hydrogen) atoms. The topological polar surface area (TPSA) is 0 Å². The summed E-state index contributed by atoms with van der Waals surface area (Å²) in [6, 6.07) is 11.5. The Labute approximate surface area is 133 Å². The molecule has 0 aliphatic rings. The predicted molar refractivity (Wildman–Crippen MR) is 87.2 cm³/mol. The van der Waals surface area contributed by atoms with Crippen LogP contribution in [-0.4, -0.2) is 0 Å². The standard InChI is InChI=1S/C14H8Br2Cl2/c15-12-7-6-11(17)8-10(12)5-4-9-2-1-3-13(16)14(9)18/h1-8H. The SMILES string of the molecule is Clc1ccc(Br)c(C=Cc2cccc(Br)c2Cl)c1. The van der Waals surface area contributed by atoms with E-state index in [0.29, 0.717) is 10.0 Å². The molecule has 0 aromatic heterocycles. The van der Waals surface area contributed by atoms with Gasteiger partial charge in [0.1, 0.15) is 0 Å². The summed E-state index contributed by atoms with van der Waals surface area (Å²) in [5.41, 5.74) is 1.97. The molecule has 0 N–H and O–H groups in total. The highest BCUT2D eigenvalue weighted by molar-refractivity contribution is 9.10. The molecule has 0 aliphatic carbocycles. The molecule has 0 unspecified atom stereocenters. The normalized spacial score (nSPS) is 11.1. The third-order valence-electron chi connectivity index (χ3n) is 2.38. The van der Waals surface area contributed by atoms with Crippen LogP contribution in [0.5, 0.6) is 0 Å². The quantitative estimate of drug-likeness (QED) is 0.487. The zero-order valence-electron chi connectivity index (χ0n) is 9.13. The van der Waals surface area contributed by atoms with Crippen molar-refractivity contribution in [3.63, 3.8) is 0 Å². The van der Waals surface area contributed by atoms with E-state index in [4.69, 9.17) is 23.2 Å². The lowest BCUT2D eigenvalue weighted by Gasteiger charge is -2.02. The molecule has 0 heterocycles. The fraction of sp³-hybridized carbons (Fsp3) is 0. The lowest BCUT2D eigenvalue weighted by atomic mass is 10.1. The molecule has 0 saturated heterocycles. The molecule has 0 bridgehead atoms. The Bertz CT molecular complexity index is 603. The summed E-state index contributed by atoms with van der Waals surface area (Å²) < 4.78 is 1.88. The molecule has 0 spiro atoms. The van der Waals surface area contributed by atoms with Crippen LogP contribution in [0.4, 0.5) is 0 Å². The minimum Gasteiger partial charge on any atom is -0.0843 e. The summed E-state index contributed by atoms with van der Waals surface area (Å²) in [7, 11) is 0. The Morgan fingerprint density at radius 2 is 1.56 bits per heavy atom. The average molecular weight is 407 g/mol. The fourth-order valence-corrected chi connectivity index (χ4v) is 2.60. The van der Waals surface area contributed by atoms with Crippen molar-refractivity contribution in [1.29, 1.82) is 0 Å². The van der Waals surface area contributed by atoms with E-state index in [1.807, 2.05) is 48.6 Å². The Balaban J connectivity index is 2.36. The van der Waals surface area contributed by atoms with E-state index in [9.17, 15) is 0 Å². The van der Waals surface area contributed by atoms with Gasteiger partial charge in [0, 0.05) is 14.0 Å². The van der Waals surface area contributed by atoms with Gasteiger partial charge in [-0.3, -0.25) is 0 Å². The fourth-order valence-electron chi connectivity index (χ4n) is 1.47. The zero-order chi connectivity index (χ0) is 13.1. The molecule has 0 fully saturated rings. The summed E-state index contributed by atoms with van der Waals surface area (Å²) in [5, 5.41) is 1.41. The van der Waals surface area contributed by atoms with Crippen LogP contribution < -0.4 is 0 Å². The summed E-state index contributed by atoms with van der Waals surface area (Å²) in [6.07, 6.45) is 3.94. The van der Waals surface area contributed by atoms with Crippen molar-refractivity contribution in [1.82, 2.24) is 0 Å². The van der Waals surface area contributed by atoms with Crippen molar-refractivity contribution in [3.05, 3.63) is 66.5 Å². The van der Waals surface area contributed by atoms with Crippen molar-refractivity contribution in [3.8, 4) is 0 Å². The largest absolute Gasteiger partial charge is 0.0843 e. The Kier molecular flexibility index (Phi) is 4.91. The highest BCUT2D eigenvalue weighted by atomic mass is 79.9. The van der Waals surface area contributed by atoms with Gasteiger partial charge in [-0.05, 0) is 51.3 Å². The van der Waals surface area contributed by atoms with E-state index in [2.05, 4.69) is 31.9 Å². The minimum absolute atomic E-state index is 0.701. The monoisotopic (exact) mass is 404 g/mol. The van der Waals surface area contributed by atoms with Crippen LogP contribution in [0.25, 0.3) is 12.2 Å². The van der Waals surface area contributed by atoms with E-state index in [0.717, 1.165) is 20.1 Å². The summed E-state index contributed by atoms with van der Waals surface area (Å²) in [6.45, 7) is 0. The van der Waals surface area contributed by atoms with Gasteiger partial charge < -0.3 is 0 Å². The molecule has 0 amide bonds. The van der Waals surface area contributed by atoms with Gasteiger partial charge in [-0.1, -0.05) is 63.4 Å². The Morgan fingerprint density at radius 1 is 0.833 bits per heavy atom. The predicted octanol–water partition coefficient (Wildman–Crippen LogP) is 6.69. The van der Waals surface area contributed by atoms with Crippen LogP contribution >= 0.6 is 55.1 Å². The van der Waals surface area contributed by atoms with Gasteiger partial charge in [0.2, 0.25) is 0 Å². The molecule has 2 aromatic carbocycles. The maximum atomic E-state index is 6.19. The van der Waals surface area contributed by atoms with Crippen LogP contribution in [0, 0.1) is 0 Å². The first kappa shape index (κ1) is 14.1. The zero-order valence-corrected chi connectivity index (χ0v) is 13.8. The van der Waals surface area contributed by atoms with Gasteiger partial charge in [0.05, 0.1) is 5.02 Å². The Hall–Kier alpha value is -0.280. The van der Waals surface area contributed by atoms with Crippen LogP contribution in [0.15, 0.2) is 45.3 Å². The summed E-state index contributed by atoms with van der Waals surface area (Å²) in [4.78, 5) is 0. The van der Waals surface area contributed by atoms with Crippen LogP contribution in [0.3, 0.4) is 0 Å². The van der Waals surface area contributed by atoms with Crippen molar-refractivity contribution in [2.24, 2.45) is 0 Å². The molecule has 0 nitrogen and oxygen atoms in total. The third-order valence-corrected chi connectivity index (χ3v) is 4.65. The maximum Gasteiger partial charge on any atom is 0.0620 e. The van der Waals surface area contributed by atoms with E-state index in [1.54, 1.807) is 0 Å². The maximum absolute atomic E-state index is 6.19. The molecule has 0 atom stereocenters. The molecular weight excluding hydrogens is 399 g/mol. The van der Waals surface area contributed by atoms with E-state index < -0.39 is 0 Å². The molecule has 0 radical (unpaired) electrons. The number of benzene rings is 2. The first-order valence-corrected chi connectivity index (χ1v) is 7.49. The van der Waals surface area contributed by atoms with Gasteiger partial charge in [-0.2, -0.15) is 0 Å². The molecule has 4 heteroatoms. The van der Waals surface area contributed by atoms with Crippen molar-refractivity contribution in [2.45, 2.75) is 0 Å². The number of hydrogen-bond acceptors (Lipinski definition) is 0. The van der Waals surface area contributed by atoms with Gasteiger partial charge in [-0.25, -0.2) is 0 Å². The molecule has 92 valence electrons. The highest BCUT2D eigenvalue weighted by Gasteiger charge is 2.01. The smallest absolute Gasteiger partial charge is 0.0620 e. The number of halogens is 4. The first-order chi connectivity index (χ1) is 8.58. The van der Waals surface area contributed by atoms with Gasteiger partial charge in [0.25, 0.3) is 0 Å². The van der Waals surface area contributed by atoms with Crippen LogP contribution in [0.1, 0.15) is 11.1 Å². The number of hydrogen-bond donors (Lipinski definition) is 0. The van der Waals surface area contributed by atoms with E-state index in [1.165, 1.54) is 0 Å². The number of rotatable bonds is 2. The minimum atomic E-state index is 0.701. The molecule has 0 saturated carbocycles. The summed E-state index contributed by atoms with van der Waals surface area (Å²) in [5.74, 6) is 0. The van der Waals surface area contributed by atoms with Crippen LogP contribution in [0.2, 0.25) is 10.0 Å². The summed E-state index contributed by atoms with van der Waals surface area (Å²) >= 11 is 19.0. The molecular formula is C14H8Br2Cl2. The second-order valence-electron chi connectivity index (χ2n) is 3.64. The van der Waals surface area contributed by atoms with Gasteiger partial charge in [-0.15, -0.1) is 0 Å². The molecule has 2 aromatic rings. The van der Waals surface area contributed by atoms with Crippen molar-refractivity contribution in [2.75, 3.05) is 0 Å². The van der Waals surface area contributed by atoms with Crippen LogP contribution in [-0.2, 0) is 0 Å². The second kappa shape index (κ2) is 6.25. The second-order valence-corrected chi connectivity index (χ2v) is 6.17. The molecule has 2 rings (SSSR count). The van der Waals surface area contributed by atoms with Gasteiger partial charge >= 0.3 is 0 Å². The third kappa shape index (κ3) is 3.39. The van der Waals surface area contributed by atoms with E-state index >= 15 is 0 Å². The average Bonchev–Trinajstić information content (AvgIpc) is 2.35. The Morgan fingerprint density at radius 3 is 2.33 bits per heavy atom. The lowest BCUT2D eigenvalue weighted by molar-refractivity contribution is 1.59. The highest BCUT2D eigenvalue weighted by Crippen LogP contribution is 2.28. The van der Waals surface area contributed by atoms with Crippen molar-refractivity contribution >= 4 is 67.2 Å². The lowest BCUT2D eigenvalue weighted by Crippen LogP contribution is -1.78. The van der Waals surface area contributed by atoms with E-state index in [-0.39, 0.29) is 0 Å². The van der Waals surface area contributed by atoms with Crippen molar-refractivity contribution < 1.29 is 0 Å². The first-order valence-electron chi connectivity index (χ1n) is 5.15.